The lowest BCUT2D eigenvalue weighted by atomic mass is 9.50. The lowest BCUT2D eigenvalue weighted by molar-refractivity contribution is -0.310. The number of hydrogen-bond acceptors (Lipinski definition) is 3. The number of carbonyl (C=O) groups excluding carboxylic acids is 2. The van der Waals surface area contributed by atoms with Crippen LogP contribution in [-0.4, -0.2) is 54.9 Å². The Morgan fingerprint density at radius 1 is 1.05 bits per heavy atom. The Morgan fingerprint density at radius 3 is 2.42 bits per heavy atom. The predicted molar refractivity (Wildman–Crippen MR) is 140 cm³/mol. The number of benzene rings is 1. The van der Waals surface area contributed by atoms with Crippen LogP contribution in [0.15, 0.2) is 47.1 Å². The minimum Gasteiger partial charge on any atom is -0.336 e. The van der Waals surface area contributed by atoms with E-state index in [1.807, 2.05) is 12.1 Å². The van der Waals surface area contributed by atoms with Crippen LogP contribution in [0.4, 0.5) is 22.0 Å². The predicted octanol–water partition coefficient (Wildman–Crippen LogP) is 6.45. The minimum absolute atomic E-state index is 0.0713. The molecular weight excluding hydrogens is 527 g/mol. The highest BCUT2D eigenvalue weighted by Gasteiger charge is 2.68. The molecule has 1 heterocycles. The van der Waals surface area contributed by atoms with Gasteiger partial charge < -0.3 is 10.2 Å². The van der Waals surface area contributed by atoms with Crippen LogP contribution in [0, 0.1) is 23.2 Å². The zero-order chi connectivity index (χ0) is 28.4. The Kier molecular flexibility index (Phi) is 6.75. The SMILES string of the molecule is C[C@@]12CCC[C@H]1[C@H]1C(=C3CCC(=O)C=C3CC1C(F)(F)C(F)(F)F)C(c1ccc(C(=O)N3CCNCC3)cc1)C2. The van der Waals surface area contributed by atoms with E-state index in [0.717, 1.165) is 37.1 Å². The molecule has 1 amide bonds. The lowest BCUT2D eigenvalue weighted by Crippen LogP contribution is -2.53. The van der Waals surface area contributed by atoms with Gasteiger partial charge in [-0.2, -0.15) is 22.0 Å². The van der Waals surface area contributed by atoms with Crippen molar-refractivity contribution in [3.05, 3.63) is 58.2 Å². The molecule has 3 fully saturated rings. The summed E-state index contributed by atoms with van der Waals surface area (Å²) in [5.74, 6) is -8.63. The fourth-order valence-corrected chi connectivity index (χ4v) is 8.47. The van der Waals surface area contributed by atoms with Gasteiger partial charge in [0.15, 0.2) is 5.78 Å². The molecule has 0 bridgehead atoms. The van der Waals surface area contributed by atoms with Gasteiger partial charge in [-0.25, -0.2) is 0 Å². The van der Waals surface area contributed by atoms with Crippen LogP contribution in [0.2, 0.25) is 0 Å². The molecule has 6 rings (SSSR count). The summed E-state index contributed by atoms with van der Waals surface area (Å²) in [5, 5.41) is 3.22. The van der Waals surface area contributed by atoms with E-state index in [-0.39, 0.29) is 35.4 Å². The van der Waals surface area contributed by atoms with Gasteiger partial charge in [-0.05, 0) is 84.3 Å². The summed E-state index contributed by atoms with van der Waals surface area (Å²) in [4.78, 5) is 27.1. The Bertz CT molecular complexity index is 1260. The molecule has 216 valence electrons. The van der Waals surface area contributed by atoms with Crippen molar-refractivity contribution in [3.63, 3.8) is 0 Å². The molecule has 1 saturated heterocycles. The summed E-state index contributed by atoms with van der Waals surface area (Å²) in [6, 6.07) is 7.22. The van der Waals surface area contributed by atoms with Gasteiger partial charge in [0.25, 0.3) is 5.91 Å². The van der Waals surface area contributed by atoms with Gasteiger partial charge in [-0.3, -0.25) is 9.59 Å². The van der Waals surface area contributed by atoms with Crippen molar-refractivity contribution in [3.8, 4) is 0 Å². The van der Waals surface area contributed by atoms with Gasteiger partial charge >= 0.3 is 12.1 Å². The third kappa shape index (κ3) is 4.43. The molecule has 2 unspecified atom stereocenters. The molecule has 2 saturated carbocycles. The van der Waals surface area contributed by atoms with Crippen molar-refractivity contribution < 1.29 is 31.5 Å². The topological polar surface area (TPSA) is 49.4 Å². The molecule has 5 atom stereocenters. The third-order valence-corrected chi connectivity index (χ3v) is 10.4. The maximum atomic E-state index is 15.4. The average Bonchev–Trinajstić information content (AvgIpc) is 3.32. The molecule has 4 nitrogen and oxygen atoms in total. The summed E-state index contributed by atoms with van der Waals surface area (Å²) in [6.07, 6.45) is -1.30. The Labute approximate surface area is 231 Å². The number of allylic oxidation sites excluding steroid dienone is 4. The van der Waals surface area contributed by atoms with Gasteiger partial charge in [0.1, 0.15) is 0 Å². The number of fused-ring (bicyclic) bond motifs is 4. The number of piperazine rings is 1. The first-order chi connectivity index (χ1) is 18.9. The molecular formula is C31H35F5N2O2. The lowest BCUT2D eigenvalue weighted by Gasteiger charge is -2.55. The first-order valence-electron chi connectivity index (χ1n) is 14.4. The molecule has 1 N–H and O–H groups in total. The van der Waals surface area contributed by atoms with E-state index >= 15 is 8.78 Å². The minimum atomic E-state index is -5.67. The quantitative estimate of drug-likeness (QED) is 0.431. The monoisotopic (exact) mass is 562 g/mol. The number of alkyl halides is 5. The van der Waals surface area contributed by atoms with Crippen LogP contribution in [0.3, 0.4) is 0 Å². The zero-order valence-electron chi connectivity index (χ0n) is 22.6. The van der Waals surface area contributed by atoms with Crippen LogP contribution >= 0.6 is 0 Å². The maximum absolute atomic E-state index is 15.4. The molecule has 0 radical (unpaired) electrons. The van der Waals surface area contributed by atoms with E-state index in [4.69, 9.17) is 0 Å². The van der Waals surface area contributed by atoms with Crippen molar-refractivity contribution in [2.75, 3.05) is 26.2 Å². The van der Waals surface area contributed by atoms with Gasteiger partial charge in [0, 0.05) is 50.0 Å². The van der Waals surface area contributed by atoms with Crippen LogP contribution in [0.5, 0.6) is 0 Å². The maximum Gasteiger partial charge on any atom is 0.453 e. The smallest absolute Gasteiger partial charge is 0.336 e. The number of hydrogen-bond donors (Lipinski definition) is 1. The summed E-state index contributed by atoms with van der Waals surface area (Å²) in [5.41, 5.74) is 2.87. The second kappa shape index (κ2) is 9.78. The normalized spacial score (nSPS) is 32.8. The van der Waals surface area contributed by atoms with Crippen LogP contribution in [0.1, 0.15) is 73.7 Å². The second-order valence-electron chi connectivity index (χ2n) is 12.6. The number of halogens is 5. The van der Waals surface area contributed by atoms with Crippen LogP contribution in [-0.2, 0) is 4.79 Å². The number of carbonyl (C=O) groups is 2. The van der Waals surface area contributed by atoms with E-state index in [1.165, 1.54) is 6.08 Å². The van der Waals surface area contributed by atoms with Crippen molar-refractivity contribution in [2.45, 2.75) is 69.9 Å². The van der Waals surface area contributed by atoms with Crippen molar-refractivity contribution in [1.29, 1.82) is 0 Å². The number of rotatable bonds is 3. The van der Waals surface area contributed by atoms with Crippen molar-refractivity contribution in [2.24, 2.45) is 23.2 Å². The number of nitrogens with zero attached hydrogens (tertiary/aromatic N) is 1. The van der Waals surface area contributed by atoms with Crippen LogP contribution < -0.4 is 5.32 Å². The summed E-state index contributed by atoms with van der Waals surface area (Å²) in [6.45, 7) is 4.74. The fraction of sp³-hybridized carbons (Fsp3) is 0.613. The number of ketones is 1. The molecule has 9 heteroatoms. The Balaban J connectivity index is 1.45. The van der Waals surface area contributed by atoms with Gasteiger partial charge in [-0.15, -0.1) is 0 Å². The Morgan fingerprint density at radius 2 is 1.75 bits per heavy atom. The summed E-state index contributed by atoms with van der Waals surface area (Å²) < 4.78 is 72.5. The van der Waals surface area contributed by atoms with E-state index < -0.39 is 30.4 Å². The molecule has 0 aromatic heterocycles. The van der Waals surface area contributed by atoms with Gasteiger partial charge in [0.05, 0.1) is 0 Å². The average molecular weight is 563 g/mol. The van der Waals surface area contributed by atoms with Gasteiger partial charge in [0.2, 0.25) is 0 Å². The number of amides is 1. The first-order valence-corrected chi connectivity index (χ1v) is 14.4. The third-order valence-electron chi connectivity index (χ3n) is 10.4. The van der Waals surface area contributed by atoms with E-state index in [0.29, 0.717) is 49.1 Å². The summed E-state index contributed by atoms with van der Waals surface area (Å²) >= 11 is 0. The van der Waals surface area contributed by atoms with E-state index in [2.05, 4.69) is 12.2 Å². The van der Waals surface area contributed by atoms with E-state index in [1.54, 1.807) is 17.0 Å². The molecule has 1 aromatic rings. The molecule has 40 heavy (non-hydrogen) atoms. The summed E-state index contributed by atoms with van der Waals surface area (Å²) in [7, 11) is 0. The van der Waals surface area contributed by atoms with Crippen molar-refractivity contribution >= 4 is 11.7 Å². The number of nitrogens with one attached hydrogen (secondary N) is 1. The molecule has 1 aliphatic heterocycles. The van der Waals surface area contributed by atoms with Crippen molar-refractivity contribution in [1.82, 2.24) is 10.2 Å². The highest BCUT2D eigenvalue weighted by atomic mass is 19.4. The largest absolute Gasteiger partial charge is 0.453 e. The highest BCUT2D eigenvalue weighted by Crippen LogP contribution is 2.67. The molecule has 4 aliphatic carbocycles. The zero-order valence-corrected chi connectivity index (χ0v) is 22.6. The molecule has 5 aliphatic rings. The molecule has 0 spiro atoms. The highest BCUT2D eigenvalue weighted by molar-refractivity contribution is 5.94. The van der Waals surface area contributed by atoms with Crippen LogP contribution in [0.25, 0.3) is 0 Å². The first kappa shape index (κ1) is 27.6. The standard InChI is InChI=1S/C31H35F5N2O2/c1-29-10-2-3-24(29)27-25(30(32,33)31(34,35)36)16-20-15-21(39)8-9-22(20)26(27)23(17-29)18-4-6-19(7-5-18)28(40)38-13-11-37-12-14-38/h4-7,15,23-25,27,37H,2-3,8-14,16-17H2,1H3/t23?,24-,25?,27+,29-/m0/s1. The second-order valence-corrected chi connectivity index (χ2v) is 12.6. The fourth-order valence-electron chi connectivity index (χ4n) is 8.47. The van der Waals surface area contributed by atoms with E-state index in [9.17, 15) is 22.8 Å². The molecule has 1 aromatic carbocycles. The Hall–Kier alpha value is -2.55. The van der Waals surface area contributed by atoms with Gasteiger partial charge in [-0.1, -0.05) is 31.1 Å².